The average Bonchev–Trinajstić information content (AvgIpc) is 2.67. The minimum Gasteiger partial charge on any atom is -0.385 e. The normalized spacial score (nSPS) is 21.1. The predicted molar refractivity (Wildman–Crippen MR) is 60.3 cm³/mol. The van der Waals surface area contributed by atoms with Crippen LogP contribution in [0.4, 0.5) is 10.1 Å². The van der Waals surface area contributed by atoms with Crippen LogP contribution in [0.3, 0.4) is 0 Å². The molecule has 0 aliphatic carbocycles. The van der Waals surface area contributed by atoms with E-state index in [2.05, 4.69) is 5.32 Å². The summed E-state index contributed by atoms with van der Waals surface area (Å²) in [4.78, 5) is 0. The SMILES string of the molecule is Fc1cccc(NCC2CCSC2)c1. The number of rotatable bonds is 3. The van der Waals surface area contributed by atoms with Crippen LogP contribution in [0, 0.1) is 11.7 Å². The van der Waals surface area contributed by atoms with Gasteiger partial charge in [-0.25, -0.2) is 4.39 Å². The highest BCUT2D eigenvalue weighted by Crippen LogP contribution is 2.23. The Morgan fingerprint density at radius 2 is 2.43 bits per heavy atom. The van der Waals surface area contributed by atoms with E-state index in [1.54, 1.807) is 12.1 Å². The van der Waals surface area contributed by atoms with Crippen LogP contribution in [0.25, 0.3) is 0 Å². The van der Waals surface area contributed by atoms with Crippen LogP contribution in [0.15, 0.2) is 24.3 Å². The van der Waals surface area contributed by atoms with Crippen molar-refractivity contribution in [1.82, 2.24) is 0 Å². The monoisotopic (exact) mass is 211 g/mol. The molecule has 0 bridgehead atoms. The number of benzene rings is 1. The third-order valence-electron chi connectivity index (χ3n) is 2.44. The van der Waals surface area contributed by atoms with Crippen molar-refractivity contribution in [2.24, 2.45) is 5.92 Å². The second-order valence-corrected chi connectivity index (χ2v) is 4.77. The summed E-state index contributed by atoms with van der Waals surface area (Å²) in [6, 6.07) is 6.66. The lowest BCUT2D eigenvalue weighted by Crippen LogP contribution is -2.13. The number of hydrogen-bond donors (Lipinski definition) is 1. The van der Waals surface area contributed by atoms with Crippen molar-refractivity contribution in [3.05, 3.63) is 30.1 Å². The van der Waals surface area contributed by atoms with Gasteiger partial charge in [-0.15, -0.1) is 0 Å². The summed E-state index contributed by atoms with van der Waals surface area (Å²) in [6.45, 7) is 0.969. The zero-order valence-corrected chi connectivity index (χ0v) is 8.82. The van der Waals surface area contributed by atoms with Gasteiger partial charge in [-0.3, -0.25) is 0 Å². The lowest BCUT2D eigenvalue weighted by atomic mass is 10.1. The second-order valence-electron chi connectivity index (χ2n) is 3.62. The Morgan fingerprint density at radius 1 is 1.50 bits per heavy atom. The van der Waals surface area contributed by atoms with E-state index in [1.165, 1.54) is 24.0 Å². The van der Waals surface area contributed by atoms with Gasteiger partial charge in [0, 0.05) is 12.2 Å². The molecule has 0 spiro atoms. The highest BCUT2D eigenvalue weighted by atomic mass is 32.2. The molecule has 2 rings (SSSR count). The molecule has 1 aromatic rings. The Labute approximate surface area is 88.1 Å². The molecular formula is C11H14FNS. The highest BCUT2D eigenvalue weighted by molar-refractivity contribution is 7.99. The maximum Gasteiger partial charge on any atom is 0.125 e. The minimum atomic E-state index is -0.171. The zero-order chi connectivity index (χ0) is 9.80. The van der Waals surface area contributed by atoms with Gasteiger partial charge in [0.2, 0.25) is 0 Å². The smallest absolute Gasteiger partial charge is 0.125 e. The molecule has 0 amide bonds. The summed E-state index contributed by atoms with van der Waals surface area (Å²) in [6.07, 6.45) is 1.28. The Morgan fingerprint density at radius 3 is 3.14 bits per heavy atom. The molecule has 1 fully saturated rings. The summed E-state index contributed by atoms with van der Waals surface area (Å²) in [7, 11) is 0. The summed E-state index contributed by atoms with van der Waals surface area (Å²) < 4.78 is 12.8. The van der Waals surface area contributed by atoms with E-state index >= 15 is 0 Å². The first-order valence-electron chi connectivity index (χ1n) is 4.92. The topological polar surface area (TPSA) is 12.0 Å². The summed E-state index contributed by atoms with van der Waals surface area (Å²) in [5, 5.41) is 3.27. The van der Waals surface area contributed by atoms with Crippen molar-refractivity contribution in [3.63, 3.8) is 0 Å². The summed E-state index contributed by atoms with van der Waals surface area (Å²) >= 11 is 2.01. The minimum absolute atomic E-state index is 0.171. The molecule has 0 radical (unpaired) electrons. The lowest BCUT2D eigenvalue weighted by Gasteiger charge is -2.10. The van der Waals surface area contributed by atoms with E-state index in [9.17, 15) is 4.39 Å². The van der Waals surface area contributed by atoms with Crippen molar-refractivity contribution in [2.75, 3.05) is 23.4 Å². The van der Waals surface area contributed by atoms with E-state index < -0.39 is 0 Å². The van der Waals surface area contributed by atoms with Gasteiger partial charge < -0.3 is 5.32 Å². The summed E-state index contributed by atoms with van der Waals surface area (Å²) in [5.41, 5.74) is 0.891. The Bertz CT molecular complexity index is 297. The number of nitrogens with one attached hydrogen (secondary N) is 1. The molecule has 1 N–H and O–H groups in total. The zero-order valence-electron chi connectivity index (χ0n) is 8.00. The predicted octanol–water partition coefficient (Wildman–Crippen LogP) is 2.99. The van der Waals surface area contributed by atoms with Crippen LogP contribution in [0.1, 0.15) is 6.42 Å². The fourth-order valence-corrected chi connectivity index (χ4v) is 2.89. The van der Waals surface area contributed by atoms with E-state index in [0.29, 0.717) is 0 Å². The Balaban J connectivity index is 1.85. The number of anilines is 1. The van der Waals surface area contributed by atoms with Gasteiger partial charge in [0.15, 0.2) is 0 Å². The van der Waals surface area contributed by atoms with E-state index in [0.717, 1.165) is 18.2 Å². The molecule has 1 aromatic carbocycles. The quantitative estimate of drug-likeness (QED) is 0.825. The fraction of sp³-hybridized carbons (Fsp3) is 0.455. The molecule has 3 heteroatoms. The molecule has 1 aliphatic rings. The van der Waals surface area contributed by atoms with Crippen LogP contribution < -0.4 is 5.32 Å². The third-order valence-corrected chi connectivity index (χ3v) is 3.67. The lowest BCUT2D eigenvalue weighted by molar-refractivity contribution is 0.622. The van der Waals surface area contributed by atoms with Crippen molar-refractivity contribution < 1.29 is 4.39 Å². The molecule has 1 aliphatic heterocycles. The van der Waals surface area contributed by atoms with Gasteiger partial charge in [-0.05, 0) is 42.0 Å². The van der Waals surface area contributed by atoms with Gasteiger partial charge in [-0.2, -0.15) is 11.8 Å². The molecule has 1 saturated heterocycles. The van der Waals surface area contributed by atoms with Gasteiger partial charge in [-0.1, -0.05) is 6.07 Å². The molecule has 1 atom stereocenters. The van der Waals surface area contributed by atoms with E-state index in [4.69, 9.17) is 0 Å². The van der Waals surface area contributed by atoms with Crippen LogP contribution in [0.2, 0.25) is 0 Å². The second kappa shape index (κ2) is 4.69. The number of thioether (sulfide) groups is 1. The Hall–Kier alpha value is -0.700. The molecule has 0 aromatic heterocycles. The first-order chi connectivity index (χ1) is 6.84. The molecule has 0 saturated carbocycles. The van der Waals surface area contributed by atoms with Crippen molar-refractivity contribution in [2.45, 2.75) is 6.42 Å². The third kappa shape index (κ3) is 2.64. The number of halogens is 1. The van der Waals surface area contributed by atoms with Crippen molar-refractivity contribution in [3.8, 4) is 0 Å². The largest absolute Gasteiger partial charge is 0.385 e. The molecule has 1 unspecified atom stereocenters. The summed E-state index contributed by atoms with van der Waals surface area (Å²) in [5.74, 6) is 3.09. The van der Waals surface area contributed by atoms with E-state index in [-0.39, 0.29) is 5.82 Å². The maximum atomic E-state index is 12.8. The molecule has 76 valence electrons. The van der Waals surface area contributed by atoms with E-state index in [1.807, 2.05) is 17.8 Å². The van der Waals surface area contributed by atoms with Crippen LogP contribution >= 0.6 is 11.8 Å². The van der Waals surface area contributed by atoms with Gasteiger partial charge in [0.05, 0.1) is 0 Å². The van der Waals surface area contributed by atoms with Crippen molar-refractivity contribution >= 4 is 17.4 Å². The van der Waals surface area contributed by atoms with Gasteiger partial charge >= 0.3 is 0 Å². The van der Waals surface area contributed by atoms with Crippen LogP contribution in [-0.4, -0.2) is 18.1 Å². The number of hydrogen-bond acceptors (Lipinski definition) is 2. The highest BCUT2D eigenvalue weighted by Gasteiger charge is 2.14. The maximum absolute atomic E-state index is 12.8. The fourth-order valence-electron chi connectivity index (χ4n) is 1.60. The standard InChI is InChI=1S/C11H14FNS/c12-10-2-1-3-11(6-10)13-7-9-4-5-14-8-9/h1-3,6,9,13H,4-5,7-8H2. The van der Waals surface area contributed by atoms with Crippen molar-refractivity contribution in [1.29, 1.82) is 0 Å². The van der Waals surface area contributed by atoms with Crippen LogP contribution in [-0.2, 0) is 0 Å². The molecule has 14 heavy (non-hydrogen) atoms. The molecule has 1 nitrogen and oxygen atoms in total. The molecular weight excluding hydrogens is 197 g/mol. The van der Waals surface area contributed by atoms with Gasteiger partial charge in [0.25, 0.3) is 0 Å². The first kappa shape index (κ1) is 9.84. The molecule has 1 heterocycles. The average molecular weight is 211 g/mol. The Kier molecular flexibility index (Phi) is 3.30. The first-order valence-corrected chi connectivity index (χ1v) is 6.07. The van der Waals surface area contributed by atoms with Crippen LogP contribution in [0.5, 0.6) is 0 Å². The van der Waals surface area contributed by atoms with Gasteiger partial charge in [0.1, 0.15) is 5.82 Å².